The molecule has 5 nitrogen and oxygen atoms in total. The molecule has 2 aromatic rings. The molecule has 22 heavy (non-hydrogen) atoms. The average molecular weight is 319 g/mol. The van der Waals surface area contributed by atoms with Gasteiger partial charge in [0.1, 0.15) is 0 Å². The Labute approximate surface area is 134 Å². The first-order chi connectivity index (χ1) is 10.4. The van der Waals surface area contributed by atoms with Crippen LogP contribution in [0.4, 0.5) is 10.8 Å². The van der Waals surface area contributed by atoms with Crippen LogP contribution >= 0.6 is 11.3 Å². The molecule has 2 rings (SSSR count). The van der Waals surface area contributed by atoms with Crippen LogP contribution in [0.2, 0.25) is 0 Å². The number of aryl methyl sites for hydroxylation is 1. The highest BCUT2D eigenvalue weighted by Crippen LogP contribution is 2.22. The van der Waals surface area contributed by atoms with E-state index in [0.29, 0.717) is 6.54 Å². The van der Waals surface area contributed by atoms with E-state index in [1.807, 2.05) is 55.3 Å². The van der Waals surface area contributed by atoms with Gasteiger partial charge in [0.15, 0.2) is 5.13 Å². The Morgan fingerprint density at radius 1 is 1.36 bits per heavy atom. The first-order valence-corrected chi connectivity index (χ1v) is 8.06. The van der Waals surface area contributed by atoms with Gasteiger partial charge in [0.2, 0.25) is 0 Å². The molecule has 1 aromatic carbocycles. The van der Waals surface area contributed by atoms with E-state index in [9.17, 15) is 4.79 Å². The van der Waals surface area contributed by atoms with Gasteiger partial charge >= 0.3 is 5.97 Å². The van der Waals surface area contributed by atoms with E-state index in [1.54, 1.807) is 0 Å². The second-order valence-corrected chi connectivity index (χ2v) is 6.39. The topological polar surface area (TPSA) is 65.5 Å². The monoisotopic (exact) mass is 319 g/mol. The van der Waals surface area contributed by atoms with Crippen LogP contribution in [0.3, 0.4) is 0 Å². The van der Waals surface area contributed by atoms with Gasteiger partial charge in [-0.3, -0.25) is 9.69 Å². The summed E-state index contributed by atoms with van der Waals surface area (Å²) in [6.07, 6.45) is 0. The minimum atomic E-state index is -0.818. The fourth-order valence-electron chi connectivity index (χ4n) is 2.00. The smallest absolute Gasteiger partial charge is 0.317 e. The average Bonchev–Trinajstić information content (AvgIpc) is 2.87. The Balaban J connectivity index is 2.01. The lowest BCUT2D eigenvalue weighted by atomic mass is 10.2. The molecule has 1 aromatic heterocycles. The zero-order valence-corrected chi connectivity index (χ0v) is 13.9. The Bertz CT molecular complexity index is 623. The summed E-state index contributed by atoms with van der Waals surface area (Å²) in [5.41, 5.74) is 3.10. The van der Waals surface area contributed by atoms with E-state index in [1.165, 1.54) is 16.9 Å². The Morgan fingerprint density at radius 3 is 2.64 bits per heavy atom. The van der Waals surface area contributed by atoms with Gasteiger partial charge in [0.25, 0.3) is 0 Å². The van der Waals surface area contributed by atoms with E-state index in [0.717, 1.165) is 16.5 Å². The van der Waals surface area contributed by atoms with Crippen molar-refractivity contribution in [1.29, 1.82) is 0 Å². The van der Waals surface area contributed by atoms with Crippen LogP contribution in [0, 0.1) is 6.92 Å². The predicted octanol–water partition coefficient (Wildman–Crippen LogP) is 3.49. The zero-order chi connectivity index (χ0) is 16.1. The first-order valence-electron chi connectivity index (χ1n) is 7.18. The summed E-state index contributed by atoms with van der Waals surface area (Å²) in [7, 11) is 0. The van der Waals surface area contributed by atoms with Crippen molar-refractivity contribution < 1.29 is 9.90 Å². The SMILES string of the molecule is Cc1ccc(Nc2nc(CN(CC(=O)O)C(C)C)cs2)cc1. The minimum Gasteiger partial charge on any atom is -0.480 e. The van der Waals surface area contributed by atoms with E-state index in [-0.39, 0.29) is 12.6 Å². The van der Waals surface area contributed by atoms with Crippen LogP contribution in [-0.2, 0) is 11.3 Å². The summed E-state index contributed by atoms with van der Waals surface area (Å²) in [6, 6.07) is 8.28. The number of anilines is 2. The van der Waals surface area contributed by atoms with Gasteiger partial charge < -0.3 is 10.4 Å². The van der Waals surface area contributed by atoms with Crippen molar-refractivity contribution >= 4 is 28.1 Å². The Hall–Kier alpha value is -1.92. The van der Waals surface area contributed by atoms with Crippen molar-refractivity contribution in [3.05, 3.63) is 40.9 Å². The summed E-state index contributed by atoms with van der Waals surface area (Å²) in [4.78, 5) is 17.3. The highest BCUT2D eigenvalue weighted by Gasteiger charge is 2.15. The molecule has 0 saturated carbocycles. The summed E-state index contributed by atoms with van der Waals surface area (Å²) in [5, 5.41) is 15.0. The summed E-state index contributed by atoms with van der Waals surface area (Å²) in [5.74, 6) is -0.818. The van der Waals surface area contributed by atoms with E-state index in [4.69, 9.17) is 5.11 Å². The molecule has 0 atom stereocenters. The number of carboxylic acid groups (broad SMARTS) is 1. The van der Waals surface area contributed by atoms with E-state index < -0.39 is 5.97 Å². The van der Waals surface area contributed by atoms with Crippen molar-refractivity contribution in [3.8, 4) is 0 Å². The Morgan fingerprint density at radius 2 is 2.05 bits per heavy atom. The lowest BCUT2D eigenvalue weighted by molar-refractivity contribution is -0.138. The van der Waals surface area contributed by atoms with Gasteiger partial charge in [0.05, 0.1) is 12.2 Å². The number of nitrogens with one attached hydrogen (secondary N) is 1. The number of nitrogens with zero attached hydrogens (tertiary/aromatic N) is 2. The molecular formula is C16H21N3O2S. The molecule has 1 heterocycles. The van der Waals surface area contributed by atoms with Crippen LogP contribution in [0.25, 0.3) is 0 Å². The number of aliphatic carboxylic acids is 1. The van der Waals surface area contributed by atoms with Crippen molar-refractivity contribution in [2.75, 3.05) is 11.9 Å². The molecule has 0 spiro atoms. The molecule has 0 radical (unpaired) electrons. The molecule has 0 aliphatic rings. The van der Waals surface area contributed by atoms with Crippen LogP contribution in [-0.4, -0.2) is 33.5 Å². The fraction of sp³-hybridized carbons (Fsp3) is 0.375. The molecule has 0 aliphatic carbocycles. The maximum absolute atomic E-state index is 10.9. The third kappa shape index (κ3) is 4.82. The summed E-state index contributed by atoms with van der Waals surface area (Å²) >= 11 is 1.52. The van der Waals surface area contributed by atoms with Crippen molar-refractivity contribution in [2.24, 2.45) is 0 Å². The number of rotatable bonds is 7. The summed E-state index contributed by atoms with van der Waals surface area (Å²) < 4.78 is 0. The maximum atomic E-state index is 10.9. The molecule has 0 aliphatic heterocycles. The number of hydrogen-bond acceptors (Lipinski definition) is 5. The number of carboxylic acids is 1. The predicted molar refractivity (Wildman–Crippen MR) is 89.8 cm³/mol. The molecular weight excluding hydrogens is 298 g/mol. The van der Waals surface area contributed by atoms with Crippen LogP contribution in [0.5, 0.6) is 0 Å². The Kier molecular flexibility index (Phi) is 5.51. The molecule has 0 unspecified atom stereocenters. The largest absolute Gasteiger partial charge is 0.480 e. The maximum Gasteiger partial charge on any atom is 0.317 e. The second kappa shape index (κ2) is 7.38. The third-order valence-electron chi connectivity index (χ3n) is 3.29. The lowest BCUT2D eigenvalue weighted by Crippen LogP contribution is -2.35. The quantitative estimate of drug-likeness (QED) is 0.818. The molecule has 0 bridgehead atoms. The standard InChI is InChI=1S/C16H21N3O2S/c1-11(2)19(9-15(20)21)8-14-10-22-16(18-14)17-13-6-4-12(3)5-7-13/h4-7,10-11H,8-9H2,1-3H3,(H,17,18)(H,20,21). The van der Waals surface area contributed by atoms with Crippen molar-refractivity contribution in [2.45, 2.75) is 33.4 Å². The zero-order valence-electron chi connectivity index (χ0n) is 13.0. The van der Waals surface area contributed by atoms with Crippen LogP contribution < -0.4 is 5.32 Å². The number of carbonyl (C=O) groups is 1. The molecule has 118 valence electrons. The lowest BCUT2D eigenvalue weighted by Gasteiger charge is -2.23. The second-order valence-electron chi connectivity index (χ2n) is 5.53. The molecule has 2 N–H and O–H groups in total. The molecule has 6 heteroatoms. The van der Waals surface area contributed by atoms with E-state index in [2.05, 4.69) is 10.3 Å². The van der Waals surface area contributed by atoms with Gasteiger partial charge in [-0.2, -0.15) is 0 Å². The van der Waals surface area contributed by atoms with Crippen molar-refractivity contribution in [3.63, 3.8) is 0 Å². The fourth-order valence-corrected chi connectivity index (χ4v) is 2.72. The van der Waals surface area contributed by atoms with Gasteiger partial charge in [-0.05, 0) is 32.9 Å². The van der Waals surface area contributed by atoms with Gasteiger partial charge in [-0.1, -0.05) is 17.7 Å². The number of thiazole rings is 1. The first kappa shape index (κ1) is 16.5. The number of aromatic nitrogens is 1. The van der Waals surface area contributed by atoms with Crippen LogP contribution in [0.15, 0.2) is 29.6 Å². The molecule has 0 amide bonds. The summed E-state index contributed by atoms with van der Waals surface area (Å²) in [6.45, 7) is 6.59. The van der Waals surface area contributed by atoms with Gasteiger partial charge in [-0.25, -0.2) is 4.98 Å². The highest BCUT2D eigenvalue weighted by molar-refractivity contribution is 7.13. The van der Waals surface area contributed by atoms with Gasteiger partial charge in [-0.15, -0.1) is 11.3 Å². The van der Waals surface area contributed by atoms with Crippen LogP contribution in [0.1, 0.15) is 25.1 Å². The third-order valence-corrected chi connectivity index (χ3v) is 4.09. The normalized spacial score (nSPS) is 11.1. The molecule has 0 saturated heterocycles. The number of hydrogen-bond donors (Lipinski definition) is 2. The highest BCUT2D eigenvalue weighted by atomic mass is 32.1. The number of benzene rings is 1. The minimum absolute atomic E-state index is 0.0237. The molecule has 0 fully saturated rings. The van der Waals surface area contributed by atoms with E-state index >= 15 is 0 Å². The van der Waals surface area contributed by atoms with Crippen molar-refractivity contribution in [1.82, 2.24) is 9.88 Å². The van der Waals surface area contributed by atoms with Gasteiger partial charge in [0, 0.05) is 23.7 Å².